The molecule has 1 unspecified atom stereocenters. The van der Waals surface area contributed by atoms with Crippen LogP contribution in [0.1, 0.15) is 5.01 Å². The van der Waals surface area contributed by atoms with Crippen molar-refractivity contribution in [2.24, 2.45) is 0 Å². The third-order valence-electron chi connectivity index (χ3n) is 1.23. The van der Waals surface area contributed by atoms with E-state index in [1.165, 1.54) is 17.5 Å². The third-order valence-corrected chi connectivity index (χ3v) is 2.28. The molecule has 0 spiro atoms. The highest BCUT2D eigenvalue weighted by Crippen LogP contribution is 2.26. The summed E-state index contributed by atoms with van der Waals surface area (Å²) < 4.78 is 24.4. The normalized spacial score (nSPS) is 14.7. The van der Waals surface area contributed by atoms with E-state index < -0.39 is 11.5 Å². The molecular weight excluding hydrogens is 208 g/mol. The maximum absolute atomic E-state index is 12.2. The number of aliphatic hydroxyl groups excluding tert-OH is 1. The molecule has 12 heavy (non-hydrogen) atoms. The van der Waals surface area contributed by atoms with E-state index >= 15 is 0 Å². The summed E-state index contributed by atoms with van der Waals surface area (Å²) >= 11 is 5.80. The molecule has 0 saturated carbocycles. The molecule has 0 fully saturated rings. The Morgan fingerprint density at radius 3 is 2.83 bits per heavy atom. The molecule has 0 bridgehead atoms. The van der Waals surface area contributed by atoms with Crippen LogP contribution in [0.2, 0.25) is 0 Å². The van der Waals surface area contributed by atoms with E-state index in [0.29, 0.717) is 5.01 Å². The number of nitrogens with zero attached hydrogens (tertiary/aromatic N) is 1. The van der Waals surface area contributed by atoms with Gasteiger partial charge in [0.2, 0.25) is 0 Å². The van der Waals surface area contributed by atoms with Gasteiger partial charge in [-0.25, -0.2) is 4.98 Å². The molecule has 1 aromatic heterocycles. The SMILES string of the molecule is OC(Cc1nccs1)C(F)(F)Cl. The van der Waals surface area contributed by atoms with Crippen LogP contribution in [0.4, 0.5) is 8.78 Å². The Morgan fingerprint density at radius 2 is 2.42 bits per heavy atom. The molecule has 0 aliphatic carbocycles. The van der Waals surface area contributed by atoms with Gasteiger partial charge in [-0.1, -0.05) is 0 Å². The number of thiazole rings is 1. The molecule has 0 aliphatic heterocycles. The molecule has 0 aliphatic rings. The van der Waals surface area contributed by atoms with E-state index in [-0.39, 0.29) is 6.42 Å². The first kappa shape index (κ1) is 9.83. The summed E-state index contributed by atoms with van der Waals surface area (Å²) in [5.41, 5.74) is 0. The summed E-state index contributed by atoms with van der Waals surface area (Å²) in [6.07, 6.45) is -0.599. The molecule has 1 N–H and O–H groups in total. The summed E-state index contributed by atoms with van der Waals surface area (Å²) in [4.78, 5) is 3.74. The maximum Gasteiger partial charge on any atom is 0.347 e. The second kappa shape index (κ2) is 3.64. The minimum atomic E-state index is -3.58. The van der Waals surface area contributed by atoms with Gasteiger partial charge in [0.25, 0.3) is 0 Å². The van der Waals surface area contributed by atoms with E-state index in [0.717, 1.165) is 0 Å². The summed E-state index contributed by atoms with van der Waals surface area (Å²) in [6, 6.07) is 0. The van der Waals surface area contributed by atoms with E-state index in [2.05, 4.69) is 16.6 Å². The van der Waals surface area contributed by atoms with Crippen molar-refractivity contribution in [1.82, 2.24) is 4.98 Å². The first-order valence-corrected chi connectivity index (χ1v) is 4.39. The summed E-state index contributed by atoms with van der Waals surface area (Å²) in [5.74, 6) is 0. The fourth-order valence-corrected chi connectivity index (χ4v) is 1.37. The molecule has 68 valence electrons. The van der Waals surface area contributed by atoms with Gasteiger partial charge in [-0.15, -0.1) is 11.3 Å². The fourth-order valence-electron chi connectivity index (χ4n) is 0.635. The predicted molar refractivity (Wildman–Crippen MR) is 42.6 cm³/mol. The van der Waals surface area contributed by atoms with Gasteiger partial charge >= 0.3 is 5.38 Å². The van der Waals surface area contributed by atoms with Gasteiger partial charge in [-0.05, 0) is 11.6 Å². The van der Waals surface area contributed by atoms with Crippen molar-refractivity contribution in [2.75, 3.05) is 0 Å². The van der Waals surface area contributed by atoms with Crippen molar-refractivity contribution in [3.05, 3.63) is 16.6 Å². The van der Waals surface area contributed by atoms with Crippen LogP contribution in [0.25, 0.3) is 0 Å². The van der Waals surface area contributed by atoms with Gasteiger partial charge in [-0.3, -0.25) is 0 Å². The molecule has 0 aromatic carbocycles. The Morgan fingerprint density at radius 1 is 1.75 bits per heavy atom. The zero-order valence-corrected chi connectivity index (χ0v) is 7.45. The molecule has 0 saturated heterocycles. The molecule has 1 aromatic rings. The third kappa shape index (κ3) is 2.66. The highest BCUT2D eigenvalue weighted by atomic mass is 35.5. The molecule has 1 atom stereocenters. The second-order valence-electron chi connectivity index (χ2n) is 2.19. The lowest BCUT2D eigenvalue weighted by Crippen LogP contribution is -2.29. The van der Waals surface area contributed by atoms with Crippen LogP contribution in [0.3, 0.4) is 0 Å². The van der Waals surface area contributed by atoms with Crippen molar-refractivity contribution < 1.29 is 13.9 Å². The predicted octanol–water partition coefficient (Wildman–Crippen LogP) is 1.88. The van der Waals surface area contributed by atoms with Crippen molar-refractivity contribution in [2.45, 2.75) is 17.9 Å². The lowest BCUT2D eigenvalue weighted by atomic mass is 10.3. The van der Waals surface area contributed by atoms with E-state index in [1.807, 2.05) is 0 Å². The molecule has 0 amide bonds. The lowest BCUT2D eigenvalue weighted by molar-refractivity contribution is -0.0397. The van der Waals surface area contributed by atoms with E-state index in [1.54, 1.807) is 5.38 Å². The average Bonchev–Trinajstić information content (AvgIpc) is 2.37. The first-order chi connectivity index (χ1) is 5.50. The topological polar surface area (TPSA) is 33.1 Å². The van der Waals surface area contributed by atoms with Gasteiger partial charge in [0, 0.05) is 18.0 Å². The smallest absolute Gasteiger partial charge is 0.347 e. The van der Waals surface area contributed by atoms with Gasteiger partial charge in [0.05, 0.1) is 5.01 Å². The second-order valence-corrected chi connectivity index (χ2v) is 3.67. The quantitative estimate of drug-likeness (QED) is 0.778. The fraction of sp³-hybridized carbons (Fsp3) is 0.500. The van der Waals surface area contributed by atoms with Crippen molar-refractivity contribution in [3.63, 3.8) is 0 Å². The Bertz CT molecular complexity index is 236. The van der Waals surface area contributed by atoms with Crippen molar-refractivity contribution in [1.29, 1.82) is 0 Å². The first-order valence-electron chi connectivity index (χ1n) is 3.13. The van der Waals surface area contributed by atoms with Gasteiger partial charge in [-0.2, -0.15) is 8.78 Å². The zero-order valence-electron chi connectivity index (χ0n) is 5.88. The number of alkyl halides is 3. The largest absolute Gasteiger partial charge is 0.385 e. The highest BCUT2D eigenvalue weighted by Gasteiger charge is 2.35. The van der Waals surface area contributed by atoms with Crippen LogP contribution in [0.5, 0.6) is 0 Å². The Kier molecular flexibility index (Phi) is 2.98. The number of hydrogen-bond acceptors (Lipinski definition) is 3. The Labute approximate surface area is 76.8 Å². The van der Waals surface area contributed by atoms with Crippen molar-refractivity contribution >= 4 is 22.9 Å². The van der Waals surface area contributed by atoms with E-state index in [9.17, 15) is 8.78 Å². The van der Waals surface area contributed by atoms with Gasteiger partial charge in [0.1, 0.15) is 6.10 Å². The average molecular weight is 214 g/mol. The Balaban J connectivity index is 2.53. The number of halogens is 3. The number of aromatic nitrogens is 1. The summed E-state index contributed by atoms with van der Waals surface area (Å²) in [7, 11) is 0. The Hall–Kier alpha value is -0.260. The van der Waals surface area contributed by atoms with Crippen LogP contribution in [0.15, 0.2) is 11.6 Å². The molecular formula is C6H6ClF2NOS. The highest BCUT2D eigenvalue weighted by molar-refractivity contribution is 7.09. The molecule has 6 heteroatoms. The van der Waals surface area contributed by atoms with E-state index in [4.69, 9.17) is 5.11 Å². The monoisotopic (exact) mass is 213 g/mol. The molecule has 2 nitrogen and oxygen atoms in total. The minimum Gasteiger partial charge on any atom is -0.385 e. The number of rotatable bonds is 3. The van der Waals surface area contributed by atoms with Crippen LogP contribution in [0, 0.1) is 0 Å². The molecule has 1 heterocycles. The molecule has 1 rings (SSSR count). The number of aliphatic hydroxyl groups is 1. The van der Waals surface area contributed by atoms with Gasteiger partial charge in [0.15, 0.2) is 0 Å². The van der Waals surface area contributed by atoms with Crippen LogP contribution < -0.4 is 0 Å². The van der Waals surface area contributed by atoms with Crippen LogP contribution in [-0.2, 0) is 6.42 Å². The summed E-state index contributed by atoms with van der Waals surface area (Å²) in [6.45, 7) is 0. The zero-order chi connectivity index (χ0) is 9.19. The maximum atomic E-state index is 12.2. The number of hydrogen-bond donors (Lipinski definition) is 1. The summed E-state index contributed by atoms with van der Waals surface area (Å²) in [5, 5.41) is 7.36. The minimum absolute atomic E-state index is 0.214. The van der Waals surface area contributed by atoms with Crippen LogP contribution >= 0.6 is 22.9 Å². The van der Waals surface area contributed by atoms with Crippen LogP contribution in [-0.4, -0.2) is 21.6 Å². The van der Waals surface area contributed by atoms with Gasteiger partial charge < -0.3 is 5.11 Å². The van der Waals surface area contributed by atoms with Crippen molar-refractivity contribution in [3.8, 4) is 0 Å². The standard InChI is InChI=1S/C6H6ClF2NOS/c7-6(8,9)4(11)3-5-10-1-2-12-5/h1-2,4,11H,3H2. The molecule has 0 radical (unpaired) electrons. The lowest BCUT2D eigenvalue weighted by Gasteiger charge is -2.13.